The van der Waals surface area contributed by atoms with E-state index >= 15 is 0 Å². The number of benzene rings is 1. The standard InChI is InChI=1S/C32H44F3NO2Si/c1-19-28-27(29(37-19)21-13-15-22(16-14-21)32(33,34)35)25(20-11-9-10-12-20)26-23(36-28)17-31(5,6)18-24(26)38-39(7,8)30(2,3)4/h13-16,19-20,24,29H,9-12,17-18H2,1-8H3. The number of hydrogen-bond donors (Lipinski definition) is 0. The molecule has 1 fully saturated rings. The van der Waals surface area contributed by atoms with Crippen LogP contribution < -0.4 is 0 Å². The van der Waals surface area contributed by atoms with Crippen LogP contribution in [0.1, 0.15) is 137 Å². The van der Waals surface area contributed by atoms with Crippen molar-refractivity contribution >= 4 is 8.32 Å². The highest BCUT2D eigenvalue weighted by molar-refractivity contribution is 6.74. The number of pyridine rings is 1. The number of nitrogens with zero attached hydrogens (tertiary/aromatic N) is 1. The second-order valence-electron chi connectivity index (χ2n) is 14.4. The van der Waals surface area contributed by atoms with Crippen molar-refractivity contribution in [2.75, 3.05) is 0 Å². The van der Waals surface area contributed by atoms with E-state index in [2.05, 4.69) is 47.7 Å². The summed E-state index contributed by atoms with van der Waals surface area (Å²) in [4.78, 5) is 5.31. The molecule has 0 amide bonds. The minimum Gasteiger partial charge on any atom is -0.410 e. The SMILES string of the molecule is CC1OC(c2ccc(C(F)(F)F)cc2)c2c1nc1c(c2C2CCCC2)C(O[Si](C)(C)C(C)(C)C)CC(C)(C)C1. The summed E-state index contributed by atoms with van der Waals surface area (Å²) in [6.07, 6.45) is 1.41. The molecule has 1 aromatic carbocycles. The average molecular weight is 560 g/mol. The van der Waals surface area contributed by atoms with Crippen LogP contribution in [0, 0.1) is 5.41 Å². The Bertz CT molecular complexity index is 1220. The lowest BCUT2D eigenvalue weighted by molar-refractivity contribution is -0.137. The molecule has 5 rings (SSSR count). The molecule has 0 saturated heterocycles. The van der Waals surface area contributed by atoms with Gasteiger partial charge >= 0.3 is 6.18 Å². The number of fused-ring (bicyclic) bond motifs is 2. The fourth-order valence-corrected chi connectivity index (χ4v) is 7.90. The van der Waals surface area contributed by atoms with Gasteiger partial charge in [0, 0.05) is 16.8 Å². The Labute approximate surface area is 233 Å². The van der Waals surface area contributed by atoms with Crippen LogP contribution >= 0.6 is 0 Å². The largest absolute Gasteiger partial charge is 0.416 e. The first kappa shape index (κ1) is 28.8. The smallest absolute Gasteiger partial charge is 0.410 e. The summed E-state index contributed by atoms with van der Waals surface area (Å²) >= 11 is 0. The Morgan fingerprint density at radius 2 is 1.59 bits per heavy atom. The van der Waals surface area contributed by atoms with Crippen LogP contribution in [0.25, 0.3) is 0 Å². The zero-order chi connectivity index (χ0) is 28.5. The van der Waals surface area contributed by atoms with Crippen molar-refractivity contribution in [2.24, 2.45) is 5.41 Å². The van der Waals surface area contributed by atoms with Crippen molar-refractivity contribution in [1.29, 1.82) is 0 Å². The highest BCUT2D eigenvalue weighted by Crippen LogP contribution is 2.55. The van der Waals surface area contributed by atoms with Crippen LogP contribution in [0.4, 0.5) is 13.2 Å². The van der Waals surface area contributed by atoms with Gasteiger partial charge in [0.25, 0.3) is 0 Å². The van der Waals surface area contributed by atoms with Crippen molar-refractivity contribution in [2.45, 2.75) is 129 Å². The predicted molar refractivity (Wildman–Crippen MR) is 151 cm³/mol. The fraction of sp³-hybridized carbons (Fsp3) is 0.656. The van der Waals surface area contributed by atoms with Gasteiger partial charge in [-0.15, -0.1) is 0 Å². The molecule has 0 bridgehead atoms. The highest BCUT2D eigenvalue weighted by atomic mass is 28.4. The lowest BCUT2D eigenvalue weighted by atomic mass is 9.71. The number of alkyl halides is 3. The van der Waals surface area contributed by atoms with Crippen LogP contribution in [0.5, 0.6) is 0 Å². The third-order valence-corrected chi connectivity index (χ3v) is 14.1. The third-order valence-electron chi connectivity index (χ3n) is 9.66. The number of ether oxygens (including phenoxy) is 1. The fourth-order valence-electron chi connectivity index (χ4n) is 6.63. The maximum atomic E-state index is 13.3. The monoisotopic (exact) mass is 559 g/mol. The molecule has 0 N–H and O–H groups in total. The Kier molecular flexibility index (Phi) is 7.16. The van der Waals surface area contributed by atoms with Gasteiger partial charge in [0.2, 0.25) is 0 Å². The van der Waals surface area contributed by atoms with E-state index in [4.69, 9.17) is 14.1 Å². The summed E-state index contributed by atoms with van der Waals surface area (Å²) in [6, 6.07) is 5.52. The molecule has 3 aliphatic rings. The maximum absolute atomic E-state index is 13.3. The van der Waals surface area contributed by atoms with Gasteiger partial charge in [-0.25, -0.2) is 0 Å². The van der Waals surface area contributed by atoms with E-state index in [1.807, 2.05) is 6.92 Å². The zero-order valence-electron chi connectivity index (χ0n) is 24.8. The third kappa shape index (κ3) is 5.35. The molecule has 2 heterocycles. The Morgan fingerprint density at radius 3 is 2.15 bits per heavy atom. The molecule has 2 aliphatic carbocycles. The van der Waals surface area contributed by atoms with E-state index in [9.17, 15) is 13.2 Å². The topological polar surface area (TPSA) is 31.4 Å². The summed E-state index contributed by atoms with van der Waals surface area (Å²) < 4.78 is 53.7. The molecule has 1 saturated carbocycles. The van der Waals surface area contributed by atoms with E-state index in [0.29, 0.717) is 5.92 Å². The van der Waals surface area contributed by atoms with Crippen molar-refractivity contribution in [3.05, 3.63) is 63.5 Å². The quantitative estimate of drug-likeness (QED) is 0.349. The lowest BCUT2D eigenvalue weighted by Crippen LogP contribution is -2.44. The number of hydrogen-bond acceptors (Lipinski definition) is 3. The second kappa shape index (κ2) is 9.69. The molecule has 214 valence electrons. The van der Waals surface area contributed by atoms with Gasteiger partial charge in [0.1, 0.15) is 6.10 Å². The van der Waals surface area contributed by atoms with Crippen molar-refractivity contribution in [1.82, 2.24) is 4.98 Å². The Hall–Kier alpha value is -1.70. The molecule has 3 nitrogen and oxygen atoms in total. The van der Waals surface area contributed by atoms with Crippen LogP contribution in [0.2, 0.25) is 18.1 Å². The summed E-state index contributed by atoms with van der Waals surface area (Å²) in [6.45, 7) is 18.1. The molecule has 3 atom stereocenters. The molecule has 39 heavy (non-hydrogen) atoms. The molecule has 1 aromatic heterocycles. The van der Waals surface area contributed by atoms with Crippen molar-refractivity contribution in [3.8, 4) is 0 Å². The first-order chi connectivity index (χ1) is 18.0. The van der Waals surface area contributed by atoms with Crippen LogP contribution in [-0.2, 0) is 21.8 Å². The van der Waals surface area contributed by atoms with E-state index in [0.717, 1.165) is 48.2 Å². The molecule has 2 aromatic rings. The van der Waals surface area contributed by atoms with E-state index in [1.54, 1.807) is 12.1 Å². The predicted octanol–water partition coefficient (Wildman–Crippen LogP) is 9.97. The van der Waals surface area contributed by atoms with Gasteiger partial charge in [0.05, 0.1) is 23.5 Å². The summed E-state index contributed by atoms with van der Waals surface area (Å²) in [7, 11) is -2.10. The van der Waals surface area contributed by atoms with E-state index < -0.39 is 26.2 Å². The Morgan fingerprint density at radius 1 is 0.974 bits per heavy atom. The van der Waals surface area contributed by atoms with Crippen LogP contribution in [-0.4, -0.2) is 13.3 Å². The molecule has 0 spiro atoms. The van der Waals surface area contributed by atoms with E-state index in [-0.39, 0.29) is 22.7 Å². The minimum atomic E-state index is -4.36. The first-order valence-corrected chi connectivity index (χ1v) is 17.5. The van der Waals surface area contributed by atoms with Gasteiger partial charge in [-0.1, -0.05) is 59.6 Å². The molecule has 1 aliphatic heterocycles. The number of halogens is 3. The lowest BCUT2D eigenvalue weighted by Gasteiger charge is -2.45. The van der Waals surface area contributed by atoms with Gasteiger partial charge in [-0.05, 0) is 85.3 Å². The van der Waals surface area contributed by atoms with Crippen LogP contribution in [0.3, 0.4) is 0 Å². The van der Waals surface area contributed by atoms with Crippen LogP contribution in [0.15, 0.2) is 24.3 Å². The summed E-state index contributed by atoms with van der Waals surface area (Å²) in [5.41, 5.74) is 5.97. The maximum Gasteiger partial charge on any atom is 0.416 e. The normalized spacial score (nSPS) is 25.6. The molecular weight excluding hydrogens is 515 g/mol. The van der Waals surface area contributed by atoms with Gasteiger partial charge < -0.3 is 9.16 Å². The summed E-state index contributed by atoms with van der Waals surface area (Å²) in [5, 5.41) is 0.0762. The van der Waals surface area contributed by atoms with Crippen molar-refractivity contribution in [3.63, 3.8) is 0 Å². The Balaban J connectivity index is 1.70. The average Bonchev–Trinajstić information content (AvgIpc) is 3.44. The molecule has 3 unspecified atom stereocenters. The van der Waals surface area contributed by atoms with Gasteiger partial charge in [0.15, 0.2) is 8.32 Å². The van der Waals surface area contributed by atoms with Crippen molar-refractivity contribution < 1.29 is 22.3 Å². The minimum absolute atomic E-state index is 0.0396. The van der Waals surface area contributed by atoms with E-state index in [1.165, 1.54) is 36.1 Å². The molecular formula is C32H44F3NO2Si. The first-order valence-electron chi connectivity index (χ1n) is 14.6. The highest BCUT2D eigenvalue weighted by Gasteiger charge is 2.47. The zero-order valence-corrected chi connectivity index (χ0v) is 25.8. The molecule has 7 heteroatoms. The van der Waals surface area contributed by atoms with Gasteiger partial charge in [-0.3, -0.25) is 4.98 Å². The van der Waals surface area contributed by atoms with Gasteiger partial charge in [-0.2, -0.15) is 13.2 Å². The summed E-state index contributed by atoms with van der Waals surface area (Å²) in [5.74, 6) is 0.396. The number of aromatic nitrogens is 1. The second-order valence-corrected chi connectivity index (χ2v) is 19.1. The number of rotatable bonds is 4. The molecule has 0 radical (unpaired) electrons.